The molecule has 0 fully saturated rings. The summed E-state index contributed by atoms with van der Waals surface area (Å²) in [6, 6.07) is 7.88. The minimum atomic E-state index is 0.175. The maximum atomic E-state index is 6.27. The molecule has 0 spiro atoms. The predicted molar refractivity (Wildman–Crippen MR) is 76.9 cm³/mol. The average Bonchev–Trinajstić information content (AvgIpc) is 2.14. The Morgan fingerprint density at radius 2 is 2.00 bits per heavy atom. The standard InChI is InChI=1S/C14H21Cl2N/c1-14(2,3)8-13(16)10-17-9-11-5-4-6-12(15)7-11/h4-7,13,17H,8-10H2,1-3H3. The van der Waals surface area contributed by atoms with Crippen molar-refractivity contribution in [3.05, 3.63) is 34.9 Å². The highest BCUT2D eigenvalue weighted by molar-refractivity contribution is 6.30. The summed E-state index contributed by atoms with van der Waals surface area (Å²) in [6.45, 7) is 8.26. The fraction of sp³-hybridized carbons (Fsp3) is 0.571. The highest BCUT2D eigenvalue weighted by Crippen LogP contribution is 2.23. The van der Waals surface area contributed by atoms with Gasteiger partial charge in [0.1, 0.15) is 0 Å². The molecule has 1 nitrogen and oxygen atoms in total. The van der Waals surface area contributed by atoms with E-state index in [2.05, 4.69) is 32.2 Å². The number of nitrogens with one attached hydrogen (secondary N) is 1. The van der Waals surface area contributed by atoms with Crippen LogP contribution in [0.2, 0.25) is 5.02 Å². The normalized spacial score (nSPS) is 13.7. The van der Waals surface area contributed by atoms with Crippen molar-refractivity contribution in [1.82, 2.24) is 5.32 Å². The highest BCUT2D eigenvalue weighted by atomic mass is 35.5. The Bertz CT molecular complexity index is 344. The van der Waals surface area contributed by atoms with Crippen molar-refractivity contribution in [3.63, 3.8) is 0 Å². The predicted octanol–water partition coefficient (Wildman–Crippen LogP) is 4.47. The summed E-state index contributed by atoms with van der Waals surface area (Å²) in [5, 5.41) is 4.31. The summed E-state index contributed by atoms with van der Waals surface area (Å²) >= 11 is 12.2. The second-order valence-electron chi connectivity index (χ2n) is 5.62. The summed E-state index contributed by atoms with van der Waals surface area (Å²) < 4.78 is 0. The van der Waals surface area contributed by atoms with Crippen LogP contribution in [0.4, 0.5) is 0 Å². The van der Waals surface area contributed by atoms with E-state index in [4.69, 9.17) is 23.2 Å². The van der Waals surface area contributed by atoms with Crippen LogP contribution in [0.15, 0.2) is 24.3 Å². The van der Waals surface area contributed by atoms with Crippen molar-refractivity contribution >= 4 is 23.2 Å². The molecule has 1 aromatic carbocycles. The number of hydrogen-bond donors (Lipinski definition) is 1. The van der Waals surface area contributed by atoms with Gasteiger partial charge in [0, 0.05) is 23.5 Å². The summed E-state index contributed by atoms with van der Waals surface area (Å²) in [4.78, 5) is 0. The van der Waals surface area contributed by atoms with Crippen molar-refractivity contribution in [2.24, 2.45) is 5.41 Å². The Balaban J connectivity index is 2.28. The summed E-state index contributed by atoms with van der Waals surface area (Å²) in [5.41, 5.74) is 1.47. The Labute approximate surface area is 115 Å². The Morgan fingerprint density at radius 3 is 2.59 bits per heavy atom. The molecule has 3 heteroatoms. The van der Waals surface area contributed by atoms with Gasteiger partial charge in [-0.05, 0) is 29.5 Å². The van der Waals surface area contributed by atoms with Gasteiger partial charge in [-0.25, -0.2) is 0 Å². The van der Waals surface area contributed by atoms with E-state index in [1.54, 1.807) is 0 Å². The van der Waals surface area contributed by atoms with Crippen LogP contribution in [0.3, 0.4) is 0 Å². The monoisotopic (exact) mass is 273 g/mol. The third kappa shape index (κ3) is 6.92. The number of hydrogen-bond acceptors (Lipinski definition) is 1. The zero-order valence-electron chi connectivity index (χ0n) is 10.8. The summed E-state index contributed by atoms with van der Waals surface area (Å²) in [7, 11) is 0. The lowest BCUT2D eigenvalue weighted by molar-refractivity contribution is 0.364. The molecule has 1 rings (SSSR count). The average molecular weight is 274 g/mol. The molecule has 0 aliphatic carbocycles. The first-order valence-corrected chi connectivity index (χ1v) is 6.77. The molecule has 0 aromatic heterocycles. The van der Waals surface area contributed by atoms with E-state index in [1.165, 1.54) is 5.56 Å². The van der Waals surface area contributed by atoms with Crippen molar-refractivity contribution in [3.8, 4) is 0 Å². The summed E-state index contributed by atoms with van der Waals surface area (Å²) in [6.07, 6.45) is 1.01. The molecule has 1 N–H and O–H groups in total. The van der Waals surface area contributed by atoms with Crippen molar-refractivity contribution in [2.75, 3.05) is 6.54 Å². The molecular formula is C14H21Cl2N. The molecule has 17 heavy (non-hydrogen) atoms. The number of alkyl halides is 1. The molecule has 0 bridgehead atoms. The molecule has 0 aliphatic rings. The van der Waals surface area contributed by atoms with Gasteiger partial charge in [0.25, 0.3) is 0 Å². The molecule has 1 atom stereocenters. The van der Waals surface area contributed by atoms with E-state index in [-0.39, 0.29) is 10.8 Å². The topological polar surface area (TPSA) is 12.0 Å². The first-order chi connectivity index (χ1) is 7.87. The van der Waals surface area contributed by atoms with Gasteiger partial charge in [-0.3, -0.25) is 0 Å². The van der Waals surface area contributed by atoms with Crippen LogP contribution in [0.1, 0.15) is 32.8 Å². The zero-order chi connectivity index (χ0) is 12.9. The van der Waals surface area contributed by atoms with Crippen LogP contribution in [0, 0.1) is 5.41 Å². The van der Waals surface area contributed by atoms with Gasteiger partial charge in [-0.15, -0.1) is 11.6 Å². The van der Waals surface area contributed by atoms with E-state index in [9.17, 15) is 0 Å². The van der Waals surface area contributed by atoms with E-state index in [0.29, 0.717) is 0 Å². The van der Waals surface area contributed by atoms with Gasteiger partial charge >= 0.3 is 0 Å². The first kappa shape index (κ1) is 14.8. The second-order valence-corrected chi connectivity index (χ2v) is 6.68. The Kier molecular flexibility index (Phi) is 5.78. The molecule has 96 valence electrons. The van der Waals surface area contributed by atoms with E-state index in [0.717, 1.165) is 24.5 Å². The smallest absolute Gasteiger partial charge is 0.0465 e. The lowest BCUT2D eigenvalue weighted by Gasteiger charge is -2.22. The maximum absolute atomic E-state index is 6.27. The molecule has 0 radical (unpaired) electrons. The molecule has 1 aromatic rings. The van der Waals surface area contributed by atoms with Gasteiger partial charge in [0.15, 0.2) is 0 Å². The Hall–Kier alpha value is -0.240. The minimum absolute atomic E-state index is 0.175. The largest absolute Gasteiger partial charge is 0.311 e. The van der Waals surface area contributed by atoms with E-state index < -0.39 is 0 Å². The van der Waals surface area contributed by atoms with Gasteiger partial charge < -0.3 is 5.32 Å². The molecule has 0 saturated carbocycles. The number of halogens is 2. The van der Waals surface area contributed by atoms with Crippen LogP contribution in [0.5, 0.6) is 0 Å². The number of benzene rings is 1. The maximum Gasteiger partial charge on any atom is 0.0465 e. The third-order valence-corrected chi connectivity index (χ3v) is 2.96. The molecule has 0 heterocycles. The fourth-order valence-corrected chi connectivity index (χ4v) is 2.54. The molecule has 0 saturated heterocycles. The van der Waals surface area contributed by atoms with Gasteiger partial charge in [0.2, 0.25) is 0 Å². The molecule has 0 aliphatic heterocycles. The third-order valence-electron chi connectivity index (χ3n) is 2.42. The second kappa shape index (κ2) is 6.63. The van der Waals surface area contributed by atoms with Crippen molar-refractivity contribution in [1.29, 1.82) is 0 Å². The quantitative estimate of drug-likeness (QED) is 0.781. The van der Waals surface area contributed by atoms with Crippen LogP contribution < -0.4 is 5.32 Å². The SMILES string of the molecule is CC(C)(C)CC(Cl)CNCc1cccc(Cl)c1. The van der Waals surface area contributed by atoms with Gasteiger partial charge in [-0.1, -0.05) is 44.5 Å². The lowest BCUT2D eigenvalue weighted by atomic mass is 9.90. The van der Waals surface area contributed by atoms with Gasteiger partial charge in [0.05, 0.1) is 0 Å². The van der Waals surface area contributed by atoms with E-state index >= 15 is 0 Å². The van der Waals surface area contributed by atoms with Crippen molar-refractivity contribution < 1.29 is 0 Å². The lowest BCUT2D eigenvalue weighted by Crippen LogP contribution is -2.26. The zero-order valence-corrected chi connectivity index (χ0v) is 12.3. The molecule has 0 amide bonds. The van der Waals surface area contributed by atoms with Crippen molar-refractivity contribution in [2.45, 2.75) is 39.1 Å². The van der Waals surface area contributed by atoms with Crippen LogP contribution in [-0.2, 0) is 6.54 Å². The Morgan fingerprint density at radius 1 is 1.29 bits per heavy atom. The minimum Gasteiger partial charge on any atom is -0.311 e. The first-order valence-electron chi connectivity index (χ1n) is 5.96. The highest BCUT2D eigenvalue weighted by Gasteiger charge is 2.16. The molecular weight excluding hydrogens is 253 g/mol. The fourth-order valence-electron chi connectivity index (χ4n) is 1.76. The van der Waals surface area contributed by atoms with Crippen LogP contribution >= 0.6 is 23.2 Å². The van der Waals surface area contributed by atoms with Crippen LogP contribution in [-0.4, -0.2) is 11.9 Å². The van der Waals surface area contributed by atoms with E-state index in [1.807, 2.05) is 18.2 Å². The van der Waals surface area contributed by atoms with Gasteiger partial charge in [-0.2, -0.15) is 0 Å². The van der Waals surface area contributed by atoms with Crippen LogP contribution in [0.25, 0.3) is 0 Å². The molecule has 1 unspecified atom stereocenters. The number of rotatable bonds is 5. The summed E-state index contributed by atoms with van der Waals surface area (Å²) in [5.74, 6) is 0.